The van der Waals surface area contributed by atoms with Gasteiger partial charge in [0.2, 0.25) is 5.92 Å². The standard InChI is InChI=1S/C38H38F3N5O2/c1-2-22-4-3-5-23-12-28(47)13-31(32(22)23)29-8-9-30-34(33(29)39)43-36(44-35(30)46-18-26-6-7-27(19-46)42-26)48-21-37(10-11-37)20-45-16-24-14-38(40,41)15-25(24)17-45/h1,3-5,8-9,12-13,24-27,42,47H,6-7,10-11,14-21H2. The zero-order valence-electron chi connectivity index (χ0n) is 26.7. The van der Waals surface area contributed by atoms with Crippen LogP contribution in [-0.4, -0.2) is 77.3 Å². The van der Waals surface area contributed by atoms with Gasteiger partial charge >= 0.3 is 6.01 Å². The number of fused-ring (bicyclic) bond motifs is 5. The molecule has 4 heterocycles. The molecule has 0 spiro atoms. The van der Waals surface area contributed by atoms with E-state index < -0.39 is 11.7 Å². The number of phenols is 1. The molecular weight excluding hydrogens is 615 g/mol. The monoisotopic (exact) mass is 653 g/mol. The van der Waals surface area contributed by atoms with Crippen LogP contribution in [0.15, 0.2) is 42.5 Å². The van der Waals surface area contributed by atoms with Crippen molar-refractivity contribution in [3.8, 4) is 35.2 Å². The average Bonchev–Trinajstić information content (AvgIpc) is 3.48. The number of phenolic OH excluding ortho intramolecular Hbond substituents is 1. The highest BCUT2D eigenvalue weighted by atomic mass is 19.3. The number of rotatable bonds is 7. The molecular formula is C38H38F3N5O2. The minimum absolute atomic E-state index is 0.00486. The summed E-state index contributed by atoms with van der Waals surface area (Å²) in [6.07, 6.45) is 9.99. The van der Waals surface area contributed by atoms with Crippen molar-refractivity contribution in [3.05, 3.63) is 53.8 Å². The summed E-state index contributed by atoms with van der Waals surface area (Å²) in [5, 5.41) is 16.3. The number of likely N-dealkylation sites (tertiary alicyclic amines) is 1. The lowest BCUT2D eigenvalue weighted by molar-refractivity contribution is -0.00344. The summed E-state index contributed by atoms with van der Waals surface area (Å²) < 4.78 is 51.1. The van der Waals surface area contributed by atoms with E-state index in [1.807, 2.05) is 24.3 Å². The van der Waals surface area contributed by atoms with Crippen LogP contribution in [-0.2, 0) is 0 Å². The van der Waals surface area contributed by atoms with E-state index in [9.17, 15) is 13.9 Å². The Bertz CT molecular complexity index is 1960. The van der Waals surface area contributed by atoms with Crippen molar-refractivity contribution in [1.82, 2.24) is 20.2 Å². The molecule has 2 N–H and O–H groups in total. The fourth-order valence-corrected chi connectivity index (χ4v) is 9.05. The number of nitrogens with zero attached hydrogens (tertiary/aromatic N) is 4. The van der Waals surface area contributed by atoms with Crippen LogP contribution in [0.3, 0.4) is 0 Å². The Kier molecular flexibility index (Phi) is 6.86. The Labute approximate surface area is 277 Å². The van der Waals surface area contributed by atoms with Gasteiger partial charge in [-0.3, -0.25) is 0 Å². The van der Waals surface area contributed by atoms with Crippen LogP contribution in [0.4, 0.5) is 19.0 Å². The summed E-state index contributed by atoms with van der Waals surface area (Å²) in [5.41, 5.74) is 1.46. The third-order valence-electron chi connectivity index (χ3n) is 11.5. The topological polar surface area (TPSA) is 73.8 Å². The molecule has 3 aromatic carbocycles. The van der Waals surface area contributed by atoms with Crippen LogP contribution in [0, 0.1) is 35.4 Å². The normalized spacial score (nSPS) is 27.0. The molecule has 248 valence electrons. The highest BCUT2D eigenvalue weighted by Gasteiger charge is 2.53. The average molecular weight is 654 g/mol. The number of nitrogens with one attached hydrogen (secondary N) is 1. The van der Waals surface area contributed by atoms with Crippen molar-refractivity contribution in [3.63, 3.8) is 0 Å². The summed E-state index contributed by atoms with van der Waals surface area (Å²) >= 11 is 0. The van der Waals surface area contributed by atoms with Gasteiger partial charge in [-0.1, -0.05) is 24.1 Å². The molecule has 7 nitrogen and oxygen atoms in total. The van der Waals surface area contributed by atoms with Gasteiger partial charge in [0.15, 0.2) is 5.82 Å². The van der Waals surface area contributed by atoms with Crippen molar-refractivity contribution in [2.24, 2.45) is 17.3 Å². The molecule has 4 aromatic rings. The molecule has 5 aliphatic rings. The van der Waals surface area contributed by atoms with Crippen LogP contribution in [0.1, 0.15) is 44.1 Å². The van der Waals surface area contributed by atoms with Crippen molar-refractivity contribution >= 4 is 27.5 Å². The smallest absolute Gasteiger partial charge is 0.319 e. The Hall–Kier alpha value is -4.07. The number of piperazine rings is 1. The van der Waals surface area contributed by atoms with Gasteiger partial charge < -0.3 is 25.0 Å². The van der Waals surface area contributed by atoms with Gasteiger partial charge in [-0.05, 0) is 72.7 Å². The number of halogens is 3. The first-order chi connectivity index (χ1) is 23.2. The maximum atomic E-state index is 16.9. The van der Waals surface area contributed by atoms with E-state index in [2.05, 4.69) is 26.0 Å². The zero-order chi connectivity index (χ0) is 32.8. The fourth-order valence-electron chi connectivity index (χ4n) is 9.05. The third-order valence-corrected chi connectivity index (χ3v) is 11.5. The van der Waals surface area contributed by atoms with Crippen LogP contribution in [0.5, 0.6) is 11.8 Å². The predicted molar refractivity (Wildman–Crippen MR) is 179 cm³/mol. The van der Waals surface area contributed by atoms with Gasteiger partial charge in [0.25, 0.3) is 0 Å². The van der Waals surface area contributed by atoms with E-state index in [0.29, 0.717) is 64.9 Å². The van der Waals surface area contributed by atoms with Gasteiger partial charge in [0.1, 0.15) is 17.1 Å². The molecule has 2 aliphatic carbocycles. The van der Waals surface area contributed by atoms with Gasteiger partial charge in [-0.15, -0.1) is 6.42 Å². The first-order valence-corrected chi connectivity index (χ1v) is 17.1. The van der Waals surface area contributed by atoms with E-state index in [0.717, 1.165) is 45.3 Å². The molecule has 2 saturated carbocycles. The molecule has 0 amide bonds. The lowest BCUT2D eigenvalue weighted by atomic mass is 9.93. The Morgan fingerprint density at radius 3 is 2.44 bits per heavy atom. The summed E-state index contributed by atoms with van der Waals surface area (Å²) in [6.45, 7) is 4.12. The third kappa shape index (κ3) is 5.23. The largest absolute Gasteiger partial charge is 0.508 e. The van der Waals surface area contributed by atoms with E-state index in [1.165, 1.54) is 0 Å². The molecule has 0 radical (unpaired) electrons. The molecule has 2 bridgehead atoms. The SMILES string of the molecule is C#Cc1cccc2cc(O)cc(-c3ccc4c(N5CC6CCC(C5)N6)nc(OCC5(CN6CC7CC(F)(F)CC7C6)CC5)nc4c3F)c12. The number of aromatic hydroxyl groups is 1. The predicted octanol–water partition coefficient (Wildman–Crippen LogP) is 6.35. The van der Waals surface area contributed by atoms with Crippen LogP contribution in [0.25, 0.3) is 32.8 Å². The molecule has 5 fully saturated rings. The Balaban J connectivity index is 1.07. The molecule has 3 saturated heterocycles. The number of ether oxygens (including phenoxy) is 1. The van der Waals surface area contributed by atoms with E-state index >= 15 is 4.39 Å². The number of benzene rings is 3. The quantitative estimate of drug-likeness (QED) is 0.225. The lowest BCUT2D eigenvalue weighted by Crippen LogP contribution is -2.51. The first-order valence-electron chi connectivity index (χ1n) is 17.1. The van der Waals surface area contributed by atoms with E-state index in [4.69, 9.17) is 16.1 Å². The van der Waals surface area contributed by atoms with Crippen molar-refractivity contribution in [2.45, 2.75) is 56.5 Å². The minimum Gasteiger partial charge on any atom is -0.508 e. The zero-order valence-corrected chi connectivity index (χ0v) is 26.7. The Morgan fingerprint density at radius 1 is 0.979 bits per heavy atom. The molecule has 1 aromatic heterocycles. The molecule has 4 atom stereocenters. The van der Waals surface area contributed by atoms with Crippen molar-refractivity contribution in [1.29, 1.82) is 0 Å². The first kappa shape index (κ1) is 30.0. The van der Waals surface area contributed by atoms with Gasteiger partial charge in [-0.2, -0.15) is 9.97 Å². The molecule has 10 heteroatoms. The number of hydrogen-bond acceptors (Lipinski definition) is 7. The molecule has 9 rings (SSSR count). The molecule has 3 aliphatic heterocycles. The second kappa shape index (κ2) is 11.0. The number of terminal acetylenes is 1. The summed E-state index contributed by atoms with van der Waals surface area (Å²) in [7, 11) is 0. The highest BCUT2D eigenvalue weighted by molar-refractivity contribution is 6.04. The highest BCUT2D eigenvalue weighted by Crippen LogP contribution is 2.51. The van der Waals surface area contributed by atoms with E-state index in [-0.39, 0.29) is 52.9 Å². The number of alkyl halides is 2. The van der Waals surface area contributed by atoms with Crippen molar-refractivity contribution < 1.29 is 23.0 Å². The van der Waals surface area contributed by atoms with Crippen LogP contribution < -0.4 is 15.0 Å². The maximum Gasteiger partial charge on any atom is 0.319 e. The maximum absolute atomic E-state index is 16.9. The van der Waals surface area contributed by atoms with Crippen molar-refractivity contribution in [2.75, 3.05) is 44.2 Å². The van der Waals surface area contributed by atoms with Crippen LogP contribution in [0.2, 0.25) is 0 Å². The number of aromatic nitrogens is 2. The summed E-state index contributed by atoms with van der Waals surface area (Å²) in [6, 6.07) is 13.1. The van der Waals surface area contributed by atoms with Gasteiger partial charge in [0, 0.05) is 85.0 Å². The van der Waals surface area contributed by atoms with Crippen LogP contribution >= 0.6 is 0 Å². The summed E-state index contributed by atoms with van der Waals surface area (Å²) in [5.74, 6) is 0.455. The number of hydrogen-bond donors (Lipinski definition) is 2. The molecule has 4 unspecified atom stereocenters. The lowest BCUT2D eigenvalue weighted by Gasteiger charge is -2.34. The number of anilines is 1. The fraction of sp³-hybridized carbons (Fsp3) is 0.474. The second-order valence-corrected chi connectivity index (χ2v) is 15.0. The Morgan fingerprint density at radius 2 is 1.73 bits per heavy atom. The van der Waals surface area contributed by atoms with Gasteiger partial charge in [-0.25, -0.2) is 13.2 Å². The summed E-state index contributed by atoms with van der Waals surface area (Å²) in [4.78, 5) is 14.2. The second-order valence-electron chi connectivity index (χ2n) is 15.0. The van der Waals surface area contributed by atoms with E-state index in [1.54, 1.807) is 18.2 Å². The van der Waals surface area contributed by atoms with Gasteiger partial charge in [0.05, 0.1) is 6.61 Å². The minimum atomic E-state index is -2.52. The molecule has 48 heavy (non-hydrogen) atoms.